The number of phenols is 1. The second-order valence-electron chi connectivity index (χ2n) is 5.80. The smallest absolute Gasteiger partial charge is 0.115 e. The molecule has 0 bridgehead atoms. The Morgan fingerprint density at radius 2 is 1.76 bits per heavy atom. The molecule has 1 unspecified atom stereocenters. The quantitative estimate of drug-likeness (QED) is 0.790. The molecule has 0 saturated heterocycles. The predicted molar refractivity (Wildman–Crippen MR) is 69.1 cm³/mol. The van der Waals surface area contributed by atoms with Gasteiger partial charge >= 0.3 is 0 Å². The predicted octanol–water partition coefficient (Wildman–Crippen LogP) is 3.58. The van der Waals surface area contributed by atoms with Crippen LogP contribution in [0, 0.1) is 5.92 Å². The van der Waals surface area contributed by atoms with Gasteiger partial charge in [0.1, 0.15) is 5.75 Å². The zero-order chi connectivity index (χ0) is 13.2. The van der Waals surface area contributed by atoms with Crippen LogP contribution >= 0.6 is 0 Å². The van der Waals surface area contributed by atoms with E-state index in [4.69, 9.17) is 0 Å². The third-order valence-electron chi connectivity index (χ3n) is 2.79. The molecule has 1 atom stereocenters. The number of rotatable bonds is 3. The van der Waals surface area contributed by atoms with Crippen LogP contribution in [-0.2, 0) is 0 Å². The van der Waals surface area contributed by atoms with Crippen LogP contribution in [0.25, 0.3) is 0 Å². The molecule has 17 heavy (non-hydrogen) atoms. The molecule has 1 aromatic carbocycles. The number of benzene rings is 1. The first-order valence-corrected chi connectivity index (χ1v) is 6.00. The van der Waals surface area contributed by atoms with Crippen molar-refractivity contribution in [2.45, 2.75) is 46.2 Å². The zero-order valence-electron chi connectivity index (χ0n) is 11.3. The van der Waals surface area contributed by atoms with Gasteiger partial charge in [-0.05, 0) is 44.4 Å². The number of phenolic OH excluding ortho intramolecular Hbond substituents is 1. The number of hydroxylamine groups is 2. The molecule has 0 aliphatic heterocycles. The lowest BCUT2D eigenvalue weighted by Gasteiger charge is -2.38. The second-order valence-corrected chi connectivity index (χ2v) is 5.80. The molecule has 1 rings (SSSR count). The summed E-state index contributed by atoms with van der Waals surface area (Å²) < 4.78 is 0. The van der Waals surface area contributed by atoms with Gasteiger partial charge in [-0.25, -0.2) is 0 Å². The van der Waals surface area contributed by atoms with E-state index in [0.29, 0.717) is 0 Å². The zero-order valence-corrected chi connectivity index (χ0v) is 11.3. The van der Waals surface area contributed by atoms with Crippen molar-refractivity contribution in [2.24, 2.45) is 5.92 Å². The van der Waals surface area contributed by atoms with Crippen LogP contribution in [0.2, 0.25) is 0 Å². The van der Waals surface area contributed by atoms with Crippen molar-refractivity contribution < 1.29 is 10.3 Å². The highest BCUT2D eigenvalue weighted by atomic mass is 16.5. The topological polar surface area (TPSA) is 43.7 Å². The highest BCUT2D eigenvalue weighted by Gasteiger charge is 2.31. The van der Waals surface area contributed by atoms with Gasteiger partial charge < -0.3 is 10.3 Å². The first-order valence-electron chi connectivity index (χ1n) is 6.00. The van der Waals surface area contributed by atoms with Crippen molar-refractivity contribution in [2.75, 3.05) is 0 Å². The second kappa shape index (κ2) is 5.07. The Labute approximate surface area is 104 Å². The molecule has 0 aliphatic rings. The van der Waals surface area contributed by atoms with E-state index in [1.807, 2.05) is 26.8 Å². The average Bonchev–Trinajstić information content (AvgIpc) is 2.15. The van der Waals surface area contributed by atoms with Gasteiger partial charge in [-0.15, -0.1) is 0 Å². The highest BCUT2D eigenvalue weighted by molar-refractivity contribution is 5.29. The molecule has 96 valence electrons. The molecule has 0 amide bonds. The first kappa shape index (κ1) is 14.0. The lowest BCUT2D eigenvalue weighted by atomic mass is 9.92. The Kier molecular flexibility index (Phi) is 4.17. The van der Waals surface area contributed by atoms with E-state index in [0.717, 1.165) is 5.56 Å². The van der Waals surface area contributed by atoms with Crippen LogP contribution < -0.4 is 0 Å². The summed E-state index contributed by atoms with van der Waals surface area (Å²) in [6.45, 7) is 10.0. The lowest BCUT2D eigenvalue weighted by molar-refractivity contribution is -0.199. The van der Waals surface area contributed by atoms with E-state index in [-0.39, 0.29) is 23.2 Å². The molecule has 3 heteroatoms. The molecule has 1 aromatic rings. The minimum Gasteiger partial charge on any atom is -0.508 e. The standard InChI is InChI=1S/C14H23NO2/c1-10(2)13(15(17)14(3,4)5)11-7-6-8-12(16)9-11/h6-10,13,16-17H,1-5H3. The number of nitrogens with zero attached hydrogens (tertiary/aromatic N) is 1. The molecular weight excluding hydrogens is 214 g/mol. The van der Waals surface area contributed by atoms with Crippen molar-refractivity contribution in [1.82, 2.24) is 5.06 Å². The van der Waals surface area contributed by atoms with E-state index >= 15 is 0 Å². The fourth-order valence-corrected chi connectivity index (χ4v) is 1.93. The minimum atomic E-state index is -0.333. The van der Waals surface area contributed by atoms with Crippen molar-refractivity contribution in [3.63, 3.8) is 0 Å². The fourth-order valence-electron chi connectivity index (χ4n) is 1.93. The molecule has 3 nitrogen and oxygen atoms in total. The summed E-state index contributed by atoms with van der Waals surface area (Å²) in [5.41, 5.74) is 0.595. The van der Waals surface area contributed by atoms with Crippen LogP contribution in [0.4, 0.5) is 0 Å². The van der Waals surface area contributed by atoms with Gasteiger partial charge in [-0.2, -0.15) is 5.06 Å². The summed E-state index contributed by atoms with van der Waals surface area (Å²) in [7, 11) is 0. The van der Waals surface area contributed by atoms with E-state index in [1.54, 1.807) is 18.2 Å². The molecule has 2 N–H and O–H groups in total. The van der Waals surface area contributed by atoms with Crippen molar-refractivity contribution in [1.29, 1.82) is 0 Å². The Hall–Kier alpha value is -1.06. The van der Waals surface area contributed by atoms with Gasteiger partial charge in [0.25, 0.3) is 0 Å². The van der Waals surface area contributed by atoms with Crippen LogP contribution in [0.15, 0.2) is 24.3 Å². The monoisotopic (exact) mass is 237 g/mol. The molecule has 0 heterocycles. The van der Waals surface area contributed by atoms with E-state index in [1.165, 1.54) is 5.06 Å². The van der Waals surface area contributed by atoms with Crippen molar-refractivity contribution >= 4 is 0 Å². The summed E-state index contributed by atoms with van der Waals surface area (Å²) >= 11 is 0. The molecule has 0 radical (unpaired) electrons. The van der Waals surface area contributed by atoms with Gasteiger partial charge in [0.2, 0.25) is 0 Å². The molecule has 0 aliphatic carbocycles. The number of aromatic hydroxyl groups is 1. The average molecular weight is 237 g/mol. The Bertz CT molecular complexity index is 369. The highest BCUT2D eigenvalue weighted by Crippen LogP contribution is 2.33. The molecule has 0 saturated carbocycles. The third kappa shape index (κ3) is 3.45. The Morgan fingerprint density at radius 1 is 1.18 bits per heavy atom. The van der Waals surface area contributed by atoms with Gasteiger partial charge in [-0.3, -0.25) is 0 Å². The van der Waals surface area contributed by atoms with Crippen LogP contribution in [-0.4, -0.2) is 20.9 Å². The number of hydrogen-bond donors (Lipinski definition) is 2. The summed E-state index contributed by atoms with van der Waals surface area (Å²) in [4.78, 5) is 0. The lowest BCUT2D eigenvalue weighted by Crippen LogP contribution is -2.43. The van der Waals surface area contributed by atoms with Crippen LogP contribution in [0.3, 0.4) is 0 Å². The minimum absolute atomic E-state index is 0.123. The summed E-state index contributed by atoms with van der Waals surface area (Å²) in [5, 5.41) is 21.2. The maximum atomic E-state index is 10.3. The Morgan fingerprint density at radius 3 is 2.18 bits per heavy atom. The summed E-state index contributed by atoms with van der Waals surface area (Å²) in [6, 6.07) is 6.96. The van der Waals surface area contributed by atoms with Crippen LogP contribution in [0.5, 0.6) is 5.75 Å². The van der Waals surface area contributed by atoms with Crippen molar-refractivity contribution in [3.05, 3.63) is 29.8 Å². The fraction of sp³-hybridized carbons (Fsp3) is 0.571. The Balaban J connectivity index is 3.10. The van der Waals surface area contributed by atoms with E-state index < -0.39 is 0 Å². The third-order valence-corrected chi connectivity index (χ3v) is 2.79. The first-order chi connectivity index (χ1) is 7.73. The van der Waals surface area contributed by atoms with Gasteiger partial charge in [0.05, 0.1) is 6.04 Å². The SMILES string of the molecule is CC(C)C(c1cccc(O)c1)N(O)C(C)(C)C. The maximum absolute atomic E-state index is 10.3. The number of hydrogen-bond acceptors (Lipinski definition) is 3. The molecule has 0 aromatic heterocycles. The van der Waals surface area contributed by atoms with Gasteiger partial charge in [0, 0.05) is 5.54 Å². The molecular formula is C14H23NO2. The van der Waals surface area contributed by atoms with Gasteiger partial charge in [-0.1, -0.05) is 26.0 Å². The van der Waals surface area contributed by atoms with E-state index in [9.17, 15) is 10.3 Å². The van der Waals surface area contributed by atoms with E-state index in [2.05, 4.69) is 13.8 Å². The largest absolute Gasteiger partial charge is 0.508 e. The van der Waals surface area contributed by atoms with Crippen molar-refractivity contribution in [3.8, 4) is 5.75 Å². The molecule has 0 fully saturated rings. The van der Waals surface area contributed by atoms with Gasteiger partial charge in [0.15, 0.2) is 0 Å². The molecule has 0 spiro atoms. The maximum Gasteiger partial charge on any atom is 0.115 e. The normalized spacial score (nSPS) is 14.4. The summed E-state index contributed by atoms with van der Waals surface area (Å²) in [5.74, 6) is 0.483. The summed E-state index contributed by atoms with van der Waals surface area (Å²) in [6.07, 6.45) is 0. The van der Waals surface area contributed by atoms with Crippen LogP contribution in [0.1, 0.15) is 46.2 Å².